The van der Waals surface area contributed by atoms with Crippen LogP contribution < -0.4 is 0 Å². The van der Waals surface area contributed by atoms with Gasteiger partial charge in [0.25, 0.3) is 0 Å². The number of hydrogen-bond acceptors (Lipinski definition) is 1. The minimum absolute atomic E-state index is 0.165. The third kappa shape index (κ3) is 0.939. The van der Waals surface area contributed by atoms with Crippen LogP contribution in [-0.4, -0.2) is 10.7 Å². The molecule has 4 rings (SSSR count). The average molecular weight is 222 g/mol. The predicted octanol–water partition coefficient (Wildman–Crippen LogP) is 3.61. The minimum atomic E-state index is -0.358. The van der Waals surface area contributed by atoms with Crippen molar-refractivity contribution in [3.63, 3.8) is 0 Å². The van der Waals surface area contributed by atoms with Crippen molar-refractivity contribution in [2.24, 2.45) is 28.6 Å². The van der Waals surface area contributed by atoms with Gasteiger partial charge in [-0.05, 0) is 55.3 Å². The van der Waals surface area contributed by atoms with E-state index in [2.05, 4.69) is 27.7 Å². The molecule has 0 aliphatic heterocycles. The van der Waals surface area contributed by atoms with E-state index in [-0.39, 0.29) is 11.0 Å². The molecule has 4 aliphatic carbocycles. The standard InChI is InChI=1S/C15H26O/c1-10-5-7-14(4)13(2,3)11-6-8-15(14,16)12(10)9-11/h10-12,16H,5-9H2,1-4H3/t10-,11+,12-,14-,15+/m0/s1. The van der Waals surface area contributed by atoms with Crippen LogP contribution in [0.5, 0.6) is 0 Å². The summed E-state index contributed by atoms with van der Waals surface area (Å²) in [7, 11) is 0. The van der Waals surface area contributed by atoms with E-state index in [9.17, 15) is 5.11 Å². The van der Waals surface area contributed by atoms with Crippen LogP contribution in [0.15, 0.2) is 0 Å². The third-order valence-corrected chi connectivity index (χ3v) is 7.21. The summed E-state index contributed by atoms with van der Waals surface area (Å²) < 4.78 is 0. The summed E-state index contributed by atoms with van der Waals surface area (Å²) in [4.78, 5) is 0. The van der Waals surface area contributed by atoms with Gasteiger partial charge in [-0.3, -0.25) is 0 Å². The topological polar surface area (TPSA) is 20.2 Å². The highest BCUT2D eigenvalue weighted by Gasteiger charge is 2.69. The smallest absolute Gasteiger partial charge is 0.0737 e. The molecular formula is C15H26O. The van der Waals surface area contributed by atoms with E-state index in [1.807, 2.05) is 0 Å². The summed E-state index contributed by atoms with van der Waals surface area (Å²) in [6.45, 7) is 9.55. The maximum Gasteiger partial charge on any atom is 0.0737 e. The molecule has 16 heavy (non-hydrogen) atoms. The molecule has 0 heterocycles. The second-order valence-electron chi connectivity index (χ2n) is 7.57. The number of fused-ring (bicyclic) bond motifs is 1. The fraction of sp³-hybridized carbons (Fsp3) is 1.00. The molecule has 0 amide bonds. The zero-order valence-corrected chi connectivity index (χ0v) is 11.2. The fourth-order valence-corrected chi connectivity index (χ4v) is 5.51. The van der Waals surface area contributed by atoms with Crippen LogP contribution in [0.2, 0.25) is 0 Å². The molecule has 0 aromatic heterocycles. The molecule has 0 spiro atoms. The van der Waals surface area contributed by atoms with Gasteiger partial charge in [0.2, 0.25) is 0 Å². The van der Waals surface area contributed by atoms with Gasteiger partial charge in [0, 0.05) is 5.41 Å². The molecule has 0 radical (unpaired) electrons. The lowest BCUT2D eigenvalue weighted by Crippen LogP contribution is -2.71. The van der Waals surface area contributed by atoms with Crippen molar-refractivity contribution >= 4 is 0 Å². The van der Waals surface area contributed by atoms with E-state index in [0.717, 1.165) is 18.3 Å². The molecule has 0 saturated heterocycles. The van der Waals surface area contributed by atoms with Crippen molar-refractivity contribution in [3.8, 4) is 0 Å². The maximum absolute atomic E-state index is 11.3. The summed E-state index contributed by atoms with van der Waals surface area (Å²) in [6.07, 6.45) is 6.14. The Morgan fingerprint density at radius 1 is 1.06 bits per heavy atom. The van der Waals surface area contributed by atoms with Crippen LogP contribution in [0.3, 0.4) is 0 Å². The number of aliphatic hydroxyl groups is 1. The summed E-state index contributed by atoms with van der Waals surface area (Å²) in [5, 5.41) is 11.3. The lowest BCUT2D eigenvalue weighted by atomic mass is 9.35. The molecule has 4 fully saturated rings. The Bertz CT molecular complexity index is 321. The van der Waals surface area contributed by atoms with Crippen LogP contribution in [0, 0.1) is 28.6 Å². The molecular weight excluding hydrogens is 196 g/mol. The van der Waals surface area contributed by atoms with Crippen LogP contribution in [0.1, 0.15) is 59.8 Å². The van der Waals surface area contributed by atoms with Crippen LogP contribution in [0.4, 0.5) is 0 Å². The molecule has 4 bridgehead atoms. The van der Waals surface area contributed by atoms with Crippen molar-refractivity contribution < 1.29 is 5.11 Å². The predicted molar refractivity (Wildman–Crippen MR) is 66.1 cm³/mol. The molecule has 4 saturated carbocycles. The molecule has 1 N–H and O–H groups in total. The SMILES string of the molecule is C[C@H]1CC[C@@]2(C)C(C)(C)[C@@H]3CC[C@@]2(O)[C@H]1C3. The monoisotopic (exact) mass is 222 g/mol. The second kappa shape index (κ2) is 2.85. The zero-order valence-electron chi connectivity index (χ0n) is 11.2. The Kier molecular flexibility index (Phi) is 1.98. The largest absolute Gasteiger partial charge is 0.389 e. The Morgan fingerprint density at radius 2 is 1.75 bits per heavy atom. The van der Waals surface area contributed by atoms with E-state index in [1.54, 1.807) is 0 Å². The minimum Gasteiger partial charge on any atom is -0.389 e. The molecule has 4 aliphatic rings. The van der Waals surface area contributed by atoms with Gasteiger partial charge in [0.15, 0.2) is 0 Å². The van der Waals surface area contributed by atoms with Crippen LogP contribution >= 0.6 is 0 Å². The third-order valence-electron chi connectivity index (χ3n) is 7.21. The van der Waals surface area contributed by atoms with Crippen molar-refractivity contribution in [2.45, 2.75) is 65.4 Å². The zero-order chi connectivity index (χ0) is 11.8. The van der Waals surface area contributed by atoms with Gasteiger partial charge in [-0.15, -0.1) is 0 Å². The first-order valence-corrected chi connectivity index (χ1v) is 7.05. The van der Waals surface area contributed by atoms with Crippen molar-refractivity contribution in [3.05, 3.63) is 0 Å². The lowest BCUT2D eigenvalue weighted by molar-refractivity contribution is -0.288. The summed E-state index contributed by atoms with van der Waals surface area (Å²) in [5.74, 6) is 2.16. The Labute approximate surface area is 99.6 Å². The maximum atomic E-state index is 11.3. The highest BCUT2D eigenvalue weighted by Crippen LogP contribution is 2.71. The van der Waals surface area contributed by atoms with Gasteiger partial charge in [-0.2, -0.15) is 0 Å². The highest BCUT2D eigenvalue weighted by molar-refractivity contribution is 5.19. The number of hydrogen-bond donors (Lipinski definition) is 1. The first-order chi connectivity index (χ1) is 7.33. The fourth-order valence-electron chi connectivity index (χ4n) is 5.51. The van der Waals surface area contributed by atoms with Gasteiger partial charge in [-0.1, -0.05) is 27.7 Å². The van der Waals surface area contributed by atoms with Gasteiger partial charge in [-0.25, -0.2) is 0 Å². The van der Waals surface area contributed by atoms with Crippen molar-refractivity contribution in [2.75, 3.05) is 0 Å². The van der Waals surface area contributed by atoms with Gasteiger partial charge in [0.05, 0.1) is 5.60 Å². The van der Waals surface area contributed by atoms with E-state index in [4.69, 9.17) is 0 Å². The van der Waals surface area contributed by atoms with Crippen molar-refractivity contribution in [1.82, 2.24) is 0 Å². The summed E-state index contributed by atoms with van der Waals surface area (Å²) in [5.41, 5.74) is 0.137. The molecule has 1 heteroatoms. The van der Waals surface area contributed by atoms with Crippen molar-refractivity contribution in [1.29, 1.82) is 0 Å². The van der Waals surface area contributed by atoms with E-state index >= 15 is 0 Å². The van der Waals surface area contributed by atoms with Crippen LogP contribution in [0.25, 0.3) is 0 Å². The van der Waals surface area contributed by atoms with E-state index < -0.39 is 0 Å². The van der Waals surface area contributed by atoms with Gasteiger partial charge >= 0.3 is 0 Å². The Hall–Kier alpha value is -0.0400. The molecule has 1 nitrogen and oxygen atoms in total. The first kappa shape index (κ1) is 11.1. The first-order valence-electron chi connectivity index (χ1n) is 7.05. The van der Waals surface area contributed by atoms with E-state index in [1.165, 1.54) is 25.7 Å². The van der Waals surface area contributed by atoms with Gasteiger partial charge in [0.1, 0.15) is 0 Å². The highest BCUT2D eigenvalue weighted by atomic mass is 16.3. The second-order valence-corrected chi connectivity index (χ2v) is 7.57. The lowest BCUT2D eigenvalue weighted by Gasteiger charge is -2.71. The molecule has 92 valence electrons. The normalized spacial score (nSPS) is 58.7. The van der Waals surface area contributed by atoms with E-state index in [0.29, 0.717) is 11.3 Å². The van der Waals surface area contributed by atoms with Crippen LogP contribution in [-0.2, 0) is 0 Å². The Balaban J connectivity index is 2.13. The number of rotatable bonds is 0. The molecule has 0 unspecified atom stereocenters. The molecule has 0 aromatic rings. The van der Waals surface area contributed by atoms with Gasteiger partial charge < -0.3 is 5.11 Å². The summed E-state index contributed by atoms with van der Waals surface area (Å²) in [6, 6.07) is 0. The Morgan fingerprint density at radius 3 is 2.44 bits per heavy atom. The summed E-state index contributed by atoms with van der Waals surface area (Å²) >= 11 is 0. The molecule has 0 aromatic carbocycles. The molecule has 5 atom stereocenters. The average Bonchev–Trinajstić information content (AvgIpc) is 2.22. The quantitative estimate of drug-likeness (QED) is 0.664.